The summed E-state index contributed by atoms with van der Waals surface area (Å²) in [5.41, 5.74) is -0.252. The van der Waals surface area contributed by atoms with Crippen LogP contribution in [0.5, 0.6) is 5.75 Å². The van der Waals surface area contributed by atoms with E-state index in [2.05, 4.69) is 22.9 Å². The second-order valence-corrected chi connectivity index (χ2v) is 13.1. The Balaban J connectivity index is 1.44. The minimum atomic E-state index is -5.12. The van der Waals surface area contributed by atoms with Crippen LogP contribution in [0, 0.1) is 17.8 Å². The number of allylic oxidation sites excluding steroid dienone is 2. The SMILES string of the molecule is CCCC1=C2[C@@H](CC/C(=C/c3cc(Br)ccc3O)CCC)OC[C@@H]2[C@@H]2C(=O)N(c3cc(C(F)(F)F)cc(C(F)(F)F)c3)C(=O)[C@@H]2C1. The summed E-state index contributed by atoms with van der Waals surface area (Å²) in [5.74, 6) is -3.79. The molecule has 2 fully saturated rings. The predicted octanol–water partition coefficient (Wildman–Crippen LogP) is 9.48. The van der Waals surface area contributed by atoms with Crippen molar-refractivity contribution >= 4 is 39.5 Å². The number of amides is 2. The maximum Gasteiger partial charge on any atom is 0.416 e. The molecule has 12 heteroatoms. The highest BCUT2D eigenvalue weighted by Crippen LogP contribution is 2.52. The summed E-state index contributed by atoms with van der Waals surface area (Å²) in [4.78, 5) is 28.0. The molecule has 2 amide bonds. The van der Waals surface area contributed by atoms with E-state index in [4.69, 9.17) is 4.74 Å². The highest BCUT2D eigenvalue weighted by atomic mass is 79.9. The topological polar surface area (TPSA) is 66.8 Å². The van der Waals surface area contributed by atoms with Gasteiger partial charge in [0.25, 0.3) is 0 Å². The second-order valence-electron chi connectivity index (χ2n) is 12.1. The molecule has 3 aliphatic rings. The molecule has 0 unspecified atom stereocenters. The van der Waals surface area contributed by atoms with Crippen molar-refractivity contribution in [3.8, 4) is 5.75 Å². The summed E-state index contributed by atoms with van der Waals surface area (Å²) in [6, 6.07) is 6.03. The molecule has 0 spiro atoms. The van der Waals surface area contributed by atoms with Gasteiger partial charge in [-0.15, -0.1) is 0 Å². The lowest BCUT2D eigenvalue weighted by Crippen LogP contribution is -2.34. The fourth-order valence-electron chi connectivity index (χ4n) is 7.10. The number of hydrogen-bond donors (Lipinski definition) is 1. The normalized spacial score (nSPS) is 23.8. The van der Waals surface area contributed by atoms with E-state index >= 15 is 0 Å². The van der Waals surface area contributed by atoms with Crippen molar-refractivity contribution < 1.29 is 45.8 Å². The maximum absolute atomic E-state index is 13.8. The number of rotatable bonds is 9. The number of halogens is 7. The van der Waals surface area contributed by atoms with Crippen LogP contribution < -0.4 is 4.90 Å². The number of aromatic hydroxyl groups is 1. The third-order valence-electron chi connectivity index (χ3n) is 9.04. The van der Waals surface area contributed by atoms with Crippen molar-refractivity contribution in [3.05, 3.63) is 74.3 Å². The number of carbonyl (C=O) groups is 2. The first kappa shape index (κ1) is 34.2. The third kappa shape index (κ3) is 6.79. The highest BCUT2D eigenvalue weighted by molar-refractivity contribution is 9.10. The molecule has 248 valence electrons. The molecular weight excluding hydrogens is 680 g/mol. The molecule has 2 aliphatic heterocycles. The Bertz CT molecular complexity index is 1550. The van der Waals surface area contributed by atoms with E-state index in [1.54, 1.807) is 12.1 Å². The van der Waals surface area contributed by atoms with Crippen molar-refractivity contribution in [2.24, 2.45) is 17.8 Å². The second kappa shape index (κ2) is 13.2. The Morgan fingerprint density at radius 2 is 1.63 bits per heavy atom. The van der Waals surface area contributed by atoms with Crippen LogP contribution in [0.2, 0.25) is 0 Å². The monoisotopic (exact) mass is 713 g/mol. The summed E-state index contributed by atoms with van der Waals surface area (Å²) in [6.45, 7) is 4.15. The summed E-state index contributed by atoms with van der Waals surface area (Å²) < 4.78 is 88.7. The van der Waals surface area contributed by atoms with Crippen LogP contribution in [-0.2, 0) is 26.7 Å². The Kier molecular flexibility index (Phi) is 9.80. The van der Waals surface area contributed by atoms with Crippen LogP contribution in [0.15, 0.2) is 57.6 Å². The molecule has 0 aromatic heterocycles. The Morgan fingerprint density at radius 3 is 2.24 bits per heavy atom. The number of anilines is 1. The Hall–Kier alpha value is -3.12. The van der Waals surface area contributed by atoms with E-state index in [1.807, 2.05) is 19.1 Å². The quantitative estimate of drug-likeness (QED) is 0.160. The van der Waals surface area contributed by atoms with Gasteiger partial charge in [0, 0.05) is 16.0 Å². The van der Waals surface area contributed by atoms with Gasteiger partial charge in [0.2, 0.25) is 11.8 Å². The minimum Gasteiger partial charge on any atom is -0.507 e. The Morgan fingerprint density at radius 1 is 0.957 bits per heavy atom. The van der Waals surface area contributed by atoms with Gasteiger partial charge in [-0.3, -0.25) is 9.59 Å². The zero-order chi connectivity index (χ0) is 33.6. The van der Waals surface area contributed by atoms with E-state index in [0.29, 0.717) is 41.9 Å². The molecule has 0 saturated carbocycles. The largest absolute Gasteiger partial charge is 0.507 e. The van der Waals surface area contributed by atoms with Crippen molar-refractivity contribution in [1.82, 2.24) is 0 Å². The van der Waals surface area contributed by atoms with Crippen molar-refractivity contribution in [2.45, 2.75) is 77.2 Å². The van der Waals surface area contributed by atoms with E-state index in [1.165, 1.54) is 0 Å². The fraction of sp³-hybridized carbons (Fsp3) is 0.471. The molecule has 5 nitrogen and oxygen atoms in total. The molecule has 4 atom stereocenters. The van der Waals surface area contributed by atoms with Crippen LogP contribution in [0.25, 0.3) is 6.08 Å². The fourth-order valence-corrected chi connectivity index (χ4v) is 7.48. The molecule has 2 heterocycles. The van der Waals surface area contributed by atoms with Crippen LogP contribution in [0.4, 0.5) is 32.0 Å². The zero-order valence-corrected chi connectivity index (χ0v) is 26.9. The number of fused-ring (bicyclic) bond motifs is 3. The molecule has 1 N–H and O–H groups in total. The van der Waals surface area contributed by atoms with Crippen LogP contribution >= 0.6 is 15.9 Å². The maximum atomic E-state index is 13.8. The van der Waals surface area contributed by atoms with Crippen LogP contribution in [0.1, 0.15) is 75.5 Å². The molecule has 2 aromatic carbocycles. The number of carbonyl (C=O) groups excluding carboxylic acids is 2. The minimum absolute atomic E-state index is 0.0186. The standard InChI is InChI=1S/C34H34BrF6NO4/c1-3-5-18(11-20-12-23(35)8-9-27(20)43)7-10-28-29-19(6-4-2)13-25-30(26(29)17-46-28)32(45)42(31(25)44)24-15-21(33(36,37)38)14-22(16-24)34(39,40)41/h8-9,11-12,14-16,25-26,28,30,43H,3-7,10,13,17H2,1-2H3/b18-11+/t25-,26+,28-,30-/m1/s1. The number of hydrogen-bond acceptors (Lipinski definition) is 4. The number of imide groups is 1. The smallest absolute Gasteiger partial charge is 0.416 e. The lowest BCUT2D eigenvalue weighted by atomic mass is 9.68. The average molecular weight is 715 g/mol. The van der Waals surface area contributed by atoms with Crippen molar-refractivity contribution in [3.63, 3.8) is 0 Å². The molecule has 46 heavy (non-hydrogen) atoms. The van der Waals surface area contributed by atoms with Gasteiger partial charge in [-0.25, -0.2) is 4.90 Å². The summed E-state index contributed by atoms with van der Waals surface area (Å²) >= 11 is 3.43. The third-order valence-corrected chi connectivity index (χ3v) is 9.53. The van der Waals surface area contributed by atoms with Crippen molar-refractivity contribution in [1.29, 1.82) is 0 Å². The first-order chi connectivity index (χ1) is 21.6. The van der Waals surface area contributed by atoms with E-state index in [-0.39, 0.29) is 30.9 Å². The van der Waals surface area contributed by atoms with Crippen molar-refractivity contribution in [2.75, 3.05) is 11.5 Å². The molecule has 2 saturated heterocycles. The van der Waals surface area contributed by atoms with E-state index in [9.17, 15) is 41.0 Å². The number of benzene rings is 2. The van der Waals surface area contributed by atoms with Gasteiger partial charge >= 0.3 is 12.4 Å². The van der Waals surface area contributed by atoms with Gasteiger partial charge < -0.3 is 9.84 Å². The van der Waals surface area contributed by atoms with Gasteiger partial charge in [0.1, 0.15) is 5.75 Å². The van der Waals surface area contributed by atoms with E-state index in [0.717, 1.165) is 40.5 Å². The first-order valence-electron chi connectivity index (χ1n) is 15.3. The number of nitrogens with zero attached hydrogens (tertiary/aromatic N) is 1. The molecule has 1 aliphatic carbocycles. The molecule has 0 radical (unpaired) electrons. The van der Waals surface area contributed by atoms with Crippen LogP contribution in [-0.4, -0.2) is 29.6 Å². The molecule has 5 rings (SSSR count). The number of alkyl halides is 6. The lowest BCUT2D eigenvalue weighted by Gasteiger charge is -2.32. The first-order valence-corrected chi connectivity index (χ1v) is 16.1. The van der Waals surface area contributed by atoms with E-state index < -0.39 is 58.7 Å². The number of phenolic OH excluding ortho intramolecular Hbond substituents is 1. The summed E-state index contributed by atoms with van der Waals surface area (Å²) in [6.07, 6.45) is -4.21. The van der Waals surface area contributed by atoms with Gasteiger partial charge in [-0.05, 0) is 74.1 Å². The molecule has 2 aromatic rings. The summed E-state index contributed by atoms with van der Waals surface area (Å²) in [5, 5.41) is 10.4. The van der Waals surface area contributed by atoms with Crippen LogP contribution in [0.3, 0.4) is 0 Å². The lowest BCUT2D eigenvalue weighted by molar-refractivity contribution is -0.143. The summed E-state index contributed by atoms with van der Waals surface area (Å²) in [7, 11) is 0. The number of phenols is 1. The van der Waals surface area contributed by atoms with Gasteiger partial charge in [-0.2, -0.15) is 26.3 Å². The van der Waals surface area contributed by atoms with Gasteiger partial charge in [0.15, 0.2) is 0 Å². The highest BCUT2D eigenvalue weighted by Gasteiger charge is 2.57. The average Bonchev–Trinajstić information content (AvgIpc) is 3.51. The van der Waals surface area contributed by atoms with Gasteiger partial charge in [0.05, 0.1) is 41.4 Å². The Labute approximate surface area is 271 Å². The molecular formula is C34H34BrF6NO4. The predicted molar refractivity (Wildman–Crippen MR) is 164 cm³/mol. The van der Waals surface area contributed by atoms with Gasteiger partial charge in [-0.1, -0.05) is 59.8 Å². The number of ether oxygens (including phenoxy) is 1. The zero-order valence-electron chi connectivity index (χ0n) is 25.3. The molecule has 0 bridgehead atoms.